The summed E-state index contributed by atoms with van der Waals surface area (Å²) in [7, 11) is 1.69. The minimum atomic E-state index is -0.447. The number of methoxy groups -OCH3 is 1. The first kappa shape index (κ1) is 14.6. The van der Waals surface area contributed by atoms with E-state index < -0.39 is 6.10 Å². The minimum absolute atomic E-state index is 0.370. The summed E-state index contributed by atoms with van der Waals surface area (Å²) in [6, 6.07) is 4.02. The summed E-state index contributed by atoms with van der Waals surface area (Å²) in [6.07, 6.45) is 0.511. The molecule has 0 aliphatic carbocycles. The van der Waals surface area contributed by atoms with E-state index >= 15 is 0 Å². The van der Waals surface area contributed by atoms with Gasteiger partial charge in [-0.05, 0) is 24.4 Å². The quantitative estimate of drug-likeness (QED) is 0.621. The van der Waals surface area contributed by atoms with Crippen LogP contribution in [0.2, 0.25) is 0 Å². The van der Waals surface area contributed by atoms with E-state index in [4.69, 9.17) is 9.47 Å². The lowest BCUT2D eigenvalue weighted by Gasteiger charge is -2.11. The molecule has 1 atom stereocenters. The Labute approximate surface area is 107 Å². The van der Waals surface area contributed by atoms with E-state index in [0.29, 0.717) is 19.8 Å². The van der Waals surface area contributed by atoms with Crippen molar-refractivity contribution in [3.8, 4) is 0 Å². The Hall–Kier alpha value is -0.460. The highest BCUT2D eigenvalue weighted by Gasteiger charge is 2.03. The average Bonchev–Trinajstić information content (AvgIpc) is 2.82. The molecule has 1 aromatic heterocycles. The molecule has 4 nitrogen and oxygen atoms in total. The van der Waals surface area contributed by atoms with Crippen molar-refractivity contribution in [2.75, 3.05) is 33.4 Å². The molecule has 1 rings (SSSR count). The van der Waals surface area contributed by atoms with Crippen molar-refractivity contribution < 1.29 is 14.6 Å². The molecule has 0 saturated heterocycles. The van der Waals surface area contributed by atoms with Crippen molar-refractivity contribution in [1.29, 1.82) is 0 Å². The van der Waals surface area contributed by atoms with Crippen LogP contribution < -0.4 is 5.32 Å². The Kier molecular flexibility index (Phi) is 8.21. The molecule has 1 aromatic rings. The van der Waals surface area contributed by atoms with E-state index in [9.17, 15) is 5.11 Å². The van der Waals surface area contributed by atoms with Crippen LogP contribution in [0.3, 0.4) is 0 Å². The van der Waals surface area contributed by atoms with Gasteiger partial charge in [-0.15, -0.1) is 11.3 Å². The molecule has 0 saturated carbocycles. The molecule has 17 heavy (non-hydrogen) atoms. The Balaban J connectivity index is 1.92. The van der Waals surface area contributed by atoms with Crippen LogP contribution >= 0.6 is 11.3 Å². The van der Waals surface area contributed by atoms with Crippen LogP contribution in [0, 0.1) is 0 Å². The number of aliphatic hydroxyl groups is 1. The van der Waals surface area contributed by atoms with E-state index in [1.807, 2.05) is 17.5 Å². The van der Waals surface area contributed by atoms with E-state index in [1.165, 1.54) is 4.88 Å². The summed E-state index contributed by atoms with van der Waals surface area (Å²) in [4.78, 5) is 1.19. The fraction of sp³-hybridized carbons (Fsp3) is 0.667. The highest BCUT2D eigenvalue weighted by Crippen LogP contribution is 2.09. The fourth-order valence-electron chi connectivity index (χ4n) is 1.36. The van der Waals surface area contributed by atoms with E-state index in [-0.39, 0.29) is 0 Å². The second kappa shape index (κ2) is 9.56. The summed E-state index contributed by atoms with van der Waals surface area (Å²) in [5.74, 6) is 0. The molecular weight excluding hydrogens is 238 g/mol. The van der Waals surface area contributed by atoms with Crippen LogP contribution in [0.15, 0.2) is 17.5 Å². The van der Waals surface area contributed by atoms with Crippen molar-refractivity contribution in [2.24, 2.45) is 0 Å². The maximum atomic E-state index is 9.62. The number of aliphatic hydroxyl groups excluding tert-OH is 1. The van der Waals surface area contributed by atoms with Gasteiger partial charge in [-0.25, -0.2) is 0 Å². The first-order valence-corrected chi connectivity index (χ1v) is 6.68. The van der Waals surface area contributed by atoms with Gasteiger partial charge in [0, 0.05) is 25.1 Å². The van der Waals surface area contributed by atoms with Gasteiger partial charge in [0.25, 0.3) is 0 Å². The molecule has 98 valence electrons. The van der Waals surface area contributed by atoms with Crippen LogP contribution in [-0.4, -0.2) is 44.6 Å². The Morgan fingerprint density at radius 2 is 2.41 bits per heavy atom. The van der Waals surface area contributed by atoms with Gasteiger partial charge in [0.1, 0.15) is 0 Å². The van der Waals surface area contributed by atoms with Crippen LogP contribution in [0.25, 0.3) is 0 Å². The SMILES string of the molecule is COCCCNCC(O)COCc1cccs1. The van der Waals surface area contributed by atoms with Gasteiger partial charge in [-0.1, -0.05) is 6.07 Å². The molecule has 0 aromatic carbocycles. The summed E-state index contributed by atoms with van der Waals surface area (Å²) < 4.78 is 10.3. The standard InChI is InChI=1S/C12H21NO3S/c1-15-6-3-5-13-8-11(14)9-16-10-12-4-2-7-17-12/h2,4,7,11,13-14H,3,5-6,8-10H2,1H3. The number of rotatable bonds is 10. The van der Waals surface area contributed by atoms with Gasteiger partial charge in [-0.2, -0.15) is 0 Å². The molecular formula is C12H21NO3S. The topological polar surface area (TPSA) is 50.7 Å². The van der Waals surface area contributed by atoms with E-state index in [1.54, 1.807) is 18.4 Å². The molecule has 1 unspecified atom stereocenters. The molecule has 0 bridgehead atoms. The normalized spacial score (nSPS) is 12.8. The molecule has 0 spiro atoms. The highest BCUT2D eigenvalue weighted by atomic mass is 32.1. The highest BCUT2D eigenvalue weighted by molar-refractivity contribution is 7.09. The van der Waals surface area contributed by atoms with Crippen molar-refractivity contribution in [1.82, 2.24) is 5.32 Å². The largest absolute Gasteiger partial charge is 0.389 e. The zero-order valence-electron chi connectivity index (χ0n) is 10.2. The first-order chi connectivity index (χ1) is 8.33. The number of hydrogen-bond acceptors (Lipinski definition) is 5. The van der Waals surface area contributed by atoms with Crippen LogP contribution in [0.1, 0.15) is 11.3 Å². The monoisotopic (exact) mass is 259 g/mol. The fourth-order valence-corrected chi connectivity index (χ4v) is 2.00. The molecule has 0 aliphatic rings. The summed E-state index contributed by atoms with van der Waals surface area (Å²) in [5, 5.41) is 14.8. The number of nitrogens with one attached hydrogen (secondary N) is 1. The van der Waals surface area contributed by atoms with Gasteiger partial charge in [0.15, 0.2) is 0 Å². The summed E-state index contributed by atoms with van der Waals surface area (Å²) >= 11 is 1.67. The predicted octanol–water partition coefficient (Wildman–Crippen LogP) is 1.25. The van der Waals surface area contributed by atoms with Gasteiger partial charge >= 0.3 is 0 Å². The second-order valence-corrected chi connectivity index (χ2v) is 4.83. The van der Waals surface area contributed by atoms with Crippen molar-refractivity contribution >= 4 is 11.3 Å². The van der Waals surface area contributed by atoms with Crippen LogP contribution in [-0.2, 0) is 16.1 Å². The number of hydrogen-bond donors (Lipinski definition) is 2. The average molecular weight is 259 g/mol. The maximum Gasteiger partial charge on any atom is 0.0897 e. The van der Waals surface area contributed by atoms with Gasteiger partial charge in [0.05, 0.1) is 19.3 Å². The zero-order valence-corrected chi connectivity index (χ0v) is 11.0. The molecule has 1 heterocycles. The predicted molar refractivity (Wildman–Crippen MR) is 69.3 cm³/mol. The van der Waals surface area contributed by atoms with Gasteiger partial charge < -0.3 is 19.9 Å². The van der Waals surface area contributed by atoms with Crippen LogP contribution in [0.4, 0.5) is 0 Å². The van der Waals surface area contributed by atoms with Crippen molar-refractivity contribution in [3.63, 3.8) is 0 Å². The zero-order chi connectivity index (χ0) is 12.3. The Morgan fingerprint density at radius 1 is 1.53 bits per heavy atom. The maximum absolute atomic E-state index is 9.62. The molecule has 0 amide bonds. The summed E-state index contributed by atoms with van der Waals surface area (Å²) in [5.41, 5.74) is 0. The lowest BCUT2D eigenvalue weighted by Crippen LogP contribution is -2.31. The lowest BCUT2D eigenvalue weighted by molar-refractivity contribution is 0.0297. The van der Waals surface area contributed by atoms with E-state index in [0.717, 1.165) is 19.6 Å². The number of thiophene rings is 1. The van der Waals surface area contributed by atoms with Gasteiger partial charge in [-0.3, -0.25) is 0 Å². The Bertz CT molecular complexity index is 267. The van der Waals surface area contributed by atoms with Crippen molar-refractivity contribution in [3.05, 3.63) is 22.4 Å². The lowest BCUT2D eigenvalue weighted by atomic mass is 10.3. The third-order valence-electron chi connectivity index (χ3n) is 2.22. The third-order valence-corrected chi connectivity index (χ3v) is 3.07. The van der Waals surface area contributed by atoms with Gasteiger partial charge in [0.2, 0.25) is 0 Å². The van der Waals surface area contributed by atoms with Crippen molar-refractivity contribution in [2.45, 2.75) is 19.1 Å². The van der Waals surface area contributed by atoms with Crippen LogP contribution in [0.5, 0.6) is 0 Å². The summed E-state index contributed by atoms with van der Waals surface area (Å²) in [6.45, 7) is 3.12. The third kappa shape index (κ3) is 7.46. The molecule has 5 heteroatoms. The molecule has 0 radical (unpaired) electrons. The molecule has 0 aliphatic heterocycles. The number of ether oxygens (including phenoxy) is 2. The Morgan fingerprint density at radius 3 is 3.12 bits per heavy atom. The first-order valence-electron chi connectivity index (χ1n) is 5.80. The molecule has 0 fully saturated rings. The minimum Gasteiger partial charge on any atom is -0.389 e. The smallest absolute Gasteiger partial charge is 0.0897 e. The second-order valence-electron chi connectivity index (χ2n) is 3.80. The molecule has 2 N–H and O–H groups in total. The van der Waals surface area contributed by atoms with E-state index in [2.05, 4.69) is 5.32 Å².